The Bertz CT molecular complexity index is 1090. The standard InChI is InChI=1S/C22H19ClN2O3S/c1-13(26)19-5-6-20(29-19)14-10-15-11-17(28-22(15)18(23)12-14)4-2-16(27)3-7-21-24-8-9-25-21/h3,5-10,12,17H,2,4,11H2,1H3,(H,24,25)/b7-3+. The highest BCUT2D eigenvalue weighted by atomic mass is 35.5. The van der Waals surface area contributed by atoms with E-state index in [4.69, 9.17) is 16.3 Å². The molecule has 1 aliphatic heterocycles. The molecule has 2 aromatic heterocycles. The van der Waals surface area contributed by atoms with Crippen molar-refractivity contribution in [2.24, 2.45) is 0 Å². The average molecular weight is 427 g/mol. The number of nitrogens with zero attached hydrogens (tertiary/aromatic N) is 1. The first kappa shape index (κ1) is 19.6. The van der Waals surface area contributed by atoms with Gasteiger partial charge in [-0.2, -0.15) is 0 Å². The summed E-state index contributed by atoms with van der Waals surface area (Å²) >= 11 is 7.91. The van der Waals surface area contributed by atoms with Crippen molar-refractivity contribution in [3.63, 3.8) is 0 Å². The summed E-state index contributed by atoms with van der Waals surface area (Å²) < 4.78 is 6.00. The zero-order valence-electron chi connectivity index (χ0n) is 15.8. The number of ketones is 2. The molecule has 0 aliphatic carbocycles. The van der Waals surface area contributed by atoms with E-state index in [1.54, 1.807) is 25.4 Å². The first-order valence-corrected chi connectivity index (χ1v) is 10.5. The van der Waals surface area contributed by atoms with E-state index in [9.17, 15) is 9.59 Å². The summed E-state index contributed by atoms with van der Waals surface area (Å²) in [6.07, 6.45) is 8.22. The van der Waals surface area contributed by atoms with Crippen LogP contribution in [0.5, 0.6) is 5.75 Å². The van der Waals surface area contributed by atoms with Gasteiger partial charge in [-0.25, -0.2) is 4.98 Å². The number of aromatic nitrogens is 2. The lowest BCUT2D eigenvalue weighted by atomic mass is 10.0. The van der Waals surface area contributed by atoms with Crippen molar-refractivity contribution >= 4 is 40.6 Å². The Hall–Kier alpha value is -2.70. The molecule has 4 rings (SSSR count). The maximum Gasteiger partial charge on any atom is 0.169 e. The molecule has 7 heteroatoms. The average Bonchev–Trinajstić information content (AvgIpc) is 3.44. The Morgan fingerprint density at radius 3 is 2.97 bits per heavy atom. The largest absolute Gasteiger partial charge is 0.488 e. The molecule has 1 N–H and O–H groups in total. The highest BCUT2D eigenvalue weighted by Crippen LogP contribution is 2.41. The molecule has 3 heterocycles. The number of nitrogens with one attached hydrogen (secondary N) is 1. The minimum Gasteiger partial charge on any atom is -0.488 e. The summed E-state index contributed by atoms with van der Waals surface area (Å²) in [5, 5.41) is 0.557. The molecule has 0 saturated carbocycles. The number of imidazole rings is 1. The lowest BCUT2D eigenvalue weighted by Gasteiger charge is -2.10. The first-order chi connectivity index (χ1) is 14.0. The van der Waals surface area contributed by atoms with Crippen LogP contribution < -0.4 is 4.74 Å². The number of Topliss-reactive ketones (excluding diaryl/α,β-unsaturated/α-hetero) is 1. The number of hydrogen-bond donors (Lipinski definition) is 1. The third kappa shape index (κ3) is 4.49. The number of allylic oxidation sites excluding steroid dienone is 1. The molecule has 0 fully saturated rings. The van der Waals surface area contributed by atoms with E-state index in [-0.39, 0.29) is 17.7 Å². The third-order valence-corrected chi connectivity index (χ3v) is 6.27. The molecule has 3 aromatic rings. The fourth-order valence-electron chi connectivity index (χ4n) is 3.30. The number of carbonyl (C=O) groups excluding carboxylic acids is 2. The van der Waals surface area contributed by atoms with Crippen molar-refractivity contribution in [1.82, 2.24) is 9.97 Å². The number of ether oxygens (including phenoxy) is 1. The molecular weight excluding hydrogens is 408 g/mol. The van der Waals surface area contributed by atoms with E-state index in [0.29, 0.717) is 35.9 Å². The third-order valence-electron chi connectivity index (χ3n) is 4.75. The maximum absolute atomic E-state index is 12.1. The number of hydrogen-bond acceptors (Lipinski definition) is 5. The number of thiophene rings is 1. The predicted molar refractivity (Wildman–Crippen MR) is 115 cm³/mol. The number of fused-ring (bicyclic) bond motifs is 1. The zero-order valence-corrected chi connectivity index (χ0v) is 17.3. The van der Waals surface area contributed by atoms with Gasteiger partial charge in [-0.1, -0.05) is 11.6 Å². The summed E-state index contributed by atoms with van der Waals surface area (Å²) in [6, 6.07) is 7.72. The minimum absolute atomic E-state index is 0.0306. The van der Waals surface area contributed by atoms with Crippen molar-refractivity contribution in [2.75, 3.05) is 0 Å². The zero-order chi connectivity index (χ0) is 20.4. The molecule has 1 unspecified atom stereocenters. The number of carbonyl (C=O) groups is 2. The Morgan fingerprint density at radius 2 is 2.24 bits per heavy atom. The van der Waals surface area contributed by atoms with E-state index in [1.807, 2.05) is 18.2 Å². The molecule has 1 atom stereocenters. The summed E-state index contributed by atoms with van der Waals surface area (Å²) in [5.41, 5.74) is 2.02. The highest BCUT2D eigenvalue weighted by Gasteiger charge is 2.26. The second-order valence-electron chi connectivity index (χ2n) is 6.92. The fourth-order valence-corrected chi connectivity index (χ4v) is 4.47. The van der Waals surface area contributed by atoms with Crippen LogP contribution in [0.4, 0.5) is 0 Å². The van der Waals surface area contributed by atoms with Gasteiger partial charge < -0.3 is 9.72 Å². The van der Waals surface area contributed by atoms with Gasteiger partial charge in [0.1, 0.15) is 17.7 Å². The smallest absolute Gasteiger partial charge is 0.169 e. The predicted octanol–water partition coefficient (Wildman–Crippen LogP) is 5.36. The van der Waals surface area contributed by atoms with Crippen LogP contribution in [0.15, 0.2) is 42.7 Å². The van der Waals surface area contributed by atoms with Gasteiger partial charge in [0.2, 0.25) is 0 Å². The molecular formula is C22H19ClN2O3S. The Balaban J connectivity index is 1.40. The van der Waals surface area contributed by atoms with E-state index < -0.39 is 0 Å². The van der Waals surface area contributed by atoms with Crippen molar-refractivity contribution in [3.8, 4) is 16.2 Å². The molecule has 0 spiro atoms. The molecule has 148 valence electrons. The minimum atomic E-state index is -0.0742. The number of benzene rings is 1. The van der Waals surface area contributed by atoms with Crippen LogP contribution in [0.25, 0.3) is 16.5 Å². The molecule has 1 aromatic carbocycles. The first-order valence-electron chi connectivity index (χ1n) is 9.30. The van der Waals surface area contributed by atoms with Gasteiger partial charge >= 0.3 is 0 Å². The number of aromatic amines is 1. The molecule has 0 amide bonds. The Kier molecular flexibility index (Phi) is 5.65. The van der Waals surface area contributed by atoms with Crippen molar-refractivity contribution in [2.45, 2.75) is 32.3 Å². The second-order valence-corrected chi connectivity index (χ2v) is 8.41. The lowest BCUT2D eigenvalue weighted by Crippen LogP contribution is -2.14. The maximum atomic E-state index is 12.1. The second kappa shape index (κ2) is 8.35. The van der Waals surface area contributed by atoms with Gasteiger partial charge in [0.25, 0.3) is 0 Å². The van der Waals surface area contributed by atoms with Gasteiger partial charge in [0.15, 0.2) is 11.6 Å². The molecule has 0 bridgehead atoms. The van der Waals surface area contributed by atoms with Gasteiger partial charge in [-0.15, -0.1) is 11.3 Å². The van der Waals surface area contributed by atoms with E-state index in [0.717, 1.165) is 20.9 Å². The molecule has 29 heavy (non-hydrogen) atoms. The molecule has 0 saturated heterocycles. The molecule has 0 radical (unpaired) electrons. The van der Waals surface area contributed by atoms with Crippen LogP contribution in [-0.4, -0.2) is 27.6 Å². The van der Waals surface area contributed by atoms with Gasteiger partial charge in [0.05, 0.1) is 9.90 Å². The molecule has 1 aliphatic rings. The summed E-state index contributed by atoms with van der Waals surface area (Å²) in [7, 11) is 0. The van der Waals surface area contributed by atoms with Crippen LogP contribution in [0, 0.1) is 0 Å². The fraction of sp³-hybridized carbons (Fsp3) is 0.227. The van der Waals surface area contributed by atoms with Gasteiger partial charge in [0, 0.05) is 35.7 Å². The van der Waals surface area contributed by atoms with Gasteiger partial charge in [-0.05, 0) is 55.3 Å². The summed E-state index contributed by atoms with van der Waals surface area (Å²) in [4.78, 5) is 32.4. The number of halogens is 1. The lowest BCUT2D eigenvalue weighted by molar-refractivity contribution is -0.115. The number of rotatable bonds is 7. The van der Waals surface area contributed by atoms with Crippen LogP contribution in [0.3, 0.4) is 0 Å². The van der Waals surface area contributed by atoms with Crippen molar-refractivity contribution < 1.29 is 14.3 Å². The van der Waals surface area contributed by atoms with Crippen LogP contribution in [0.2, 0.25) is 5.02 Å². The van der Waals surface area contributed by atoms with E-state index >= 15 is 0 Å². The van der Waals surface area contributed by atoms with E-state index in [2.05, 4.69) is 16.0 Å². The normalized spacial score (nSPS) is 15.4. The van der Waals surface area contributed by atoms with Gasteiger partial charge in [-0.3, -0.25) is 9.59 Å². The van der Waals surface area contributed by atoms with Crippen molar-refractivity contribution in [3.05, 3.63) is 64.0 Å². The van der Waals surface area contributed by atoms with Crippen LogP contribution >= 0.6 is 22.9 Å². The van der Waals surface area contributed by atoms with Crippen LogP contribution in [0.1, 0.15) is 40.8 Å². The highest BCUT2D eigenvalue weighted by molar-refractivity contribution is 7.17. The number of H-pyrrole nitrogens is 1. The monoisotopic (exact) mass is 426 g/mol. The molecule has 5 nitrogen and oxygen atoms in total. The van der Waals surface area contributed by atoms with E-state index in [1.165, 1.54) is 17.4 Å². The quantitative estimate of drug-likeness (QED) is 0.407. The Labute approximate surface area is 177 Å². The SMILES string of the molecule is CC(=O)c1ccc(-c2cc(Cl)c3c(c2)CC(CCC(=O)/C=C/c2ncc[nH]2)O3)s1. The van der Waals surface area contributed by atoms with Crippen molar-refractivity contribution in [1.29, 1.82) is 0 Å². The van der Waals surface area contributed by atoms with Crippen LogP contribution in [-0.2, 0) is 11.2 Å². The Morgan fingerprint density at radius 1 is 1.38 bits per heavy atom. The summed E-state index contributed by atoms with van der Waals surface area (Å²) in [5.74, 6) is 1.44. The summed E-state index contributed by atoms with van der Waals surface area (Å²) in [6.45, 7) is 1.56. The topological polar surface area (TPSA) is 72.0 Å².